The predicted octanol–water partition coefficient (Wildman–Crippen LogP) is -2.79. The Morgan fingerprint density at radius 2 is 1.63 bits per heavy atom. The molecule has 4 atom stereocenters. The molecule has 1 aromatic rings. The number of carboxylic acid groups (broad SMARTS) is 2. The second-order valence-corrected chi connectivity index (χ2v) is 8.18. The third-order valence-corrected chi connectivity index (χ3v) is 4.88. The number of rotatable bonds is 15. The van der Waals surface area contributed by atoms with Gasteiger partial charge in [0.2, 0.25) is 23.6 Å². The summed E-state index contributed by atoms with van der Waals surface area (Å²) in [5.41, 5.74) is 11.0. The molecule has 10 N–H and O–H groups in total. The zero-order valence-corrected chi connectivity index (χ0v) is 19.3. The molecular formula is C20H31N7O8. The number of aromatic nitrogens is 2. The number of aliphatic carboxylic acids is 2. The van der Waals surface area contributed by atoms with Crippen molar-refractivity contribution in [2.45, 2.75) is 63.7 Å². The number of H-pyrrole nitrogens is 1. The lowest BCUT2D eigenvalue weighted by molar-refractivity contribution is -0.142. The highest BCUT2D eigenvalue weighted by atomic mass is 16.4. The van der Waals surface area contributed by atoms with Gasteiger partial charge in [-0.2, -0.15) is 0 Å². The summed E-state index contributed by atoms with van der Waals surface area (Å²) in [5, 5.41) is 25.5. The molecule has 1 rings (SSSR count). The monoisotopic (exact) mass is 497 g/mol. The van der Waals surface area contributed by atoms with Gasteiger partial charge in [0, 0.05) is 24.7 Å². The number of primary amides is 1. The van der Waals surface area contributed by atoms with Gasteiger partial charge in [-0.15, -0.1) is 0 Å². The Labute approximate surface area is 200 Å². The highest BCUT2D eigenvalue weighted by Crippen LogP contribution is 2.07. The van der Waals surface area contributed by atoms with E-state index in [1.165, 1.54) is 12.5 Å². The Balaban J connectivity index is 2.96. The molecule has 0 spiro atoms. The van der Waals surface area contributed by atoms with E-state index >= 15 is 0 Å². The molecule has 0 saturated carbocycles. The van der Waals surface area contributed by atoms with Crippen LogP contribution in [0.15, 0.2) is 12.5 Å². The fraction of sp³-hybridized carbons (Fsp3) is 0.550. The number of nitrogens with two attached hydrogens (primary N) is 2. The minimum absolute atomic E-state index is 0.0884. The molecule has 0 aromatic carbocycles. The van der Waals surface area contributed by atoms with E-state index in [1.54, 1.807) is 13.8 Å². The van der Waals surface area contributed by atoms with Gasteiger partial charge in [0.25, 0.3) is 0 Å². The van der Waals surface area contributed by atoms with Crippen LogP contribution in [0.3, 0.4) is 0 Å². The maximum absolute atomic E-state index is 12.9. The fourth-order valence-electron chi connectivity index (χ4n) is 2.99. The van der Waals surface area contributed by atoms with Crippen LogP contribution >= 0.6 is 0 Å². The first-order valence-electron chi connectivity index (χ1n) is 10.7. The van der Waals surface area contributed by atoms with Crippen LogP contribution in [0.4, 0.5) is 0 Å². The predicted molar refractivity (Wildman–Crippen MR) is 119 cm³/mol. The molecule has 0 fully saturated rings. The van der Waals surface area contributed by atoms with Gasteiger partial charge in [0.05, 0.1) is 18.8 Å². The minimum Gasteiger partial charge on any atom is -0.481 e. The van der Waals surface area contributed by atoms with Crippen molar-refractivity contribution in [1.82, 2.24) is 25.9 Å². The number of imidazole rings is 1. The summed E-state index contributed by atoms with van der Waals surface area (Å²) in [7, 11) is 0. The van der Waals surface area contributed by atoms with Crippen LogP contribution in [0.25, 0.3) is 0 Å². The number of hydrogen-bond acceptors (Lipinski definition) is 8. The van der Waals surface area contributed by atoms with Crippen molar-refractivity contribution in [1.29, 1.82) is 0 Å². The lowest BCUT2D eigenvalue weighted by Crippen LogP contribution is -2.58. The molecule has 0 aliphatic carbocycles. The van der Waals surface area contributed by atoms with E-state index in [-0.39, 0.29) is 12.8 Å². The first kappa shape index (κ1) is 29.0. The average Bonchev–Trinajstić information content (AvgIpc) is 3.26. The van der Waals surface area contributed by atoms with Gasteiger partial charge in [-0.3, -0.25) is 24.0 Å². The molecule has 15 heteroatoms. The quantitative estimate of drug-likeness (QED) is 0.123. The van der Waals surface area contributed by atoms with Crippen LogP contribution in [0, 0.1) is 5.92 Å². The Morgan fingerprint density at radius 1 is 1.00 bits per heavy atom. The van der Waals surface area contributed by atoms with Crippen LogP contribution in [-0.2, 0) is 35.2 Å². The zero-order valence-electron chi connectivity index (χ0n) is 19.3. The van der Waals surface area contributed by atoms with Crippen molar-refractivity contribution >= 4 is 35.6 Å². The number of carboxylic acids is 2. The number of hydrogen-bond donors (Lipinski definition) is 8. The molecule has 0 radical (unpaired) electrons. The second-order valence-electron chi connectivity index (χ2n) is 8.18. The maximum atomic E-state index is 12.9. The number of amides is 4. The molecule has 194 valence electrons. The Hall–Kier alpha value is -4.01. The first-order chi connectivity index (χ1) is 16.3. The normalized spacial score (nSPS) is 14.3. The van der Waals surface area contributed by atoms with E-state index in [9.17, 15) is 33.9 Å². The van der Waals surface area contributed by atoms with E-state index in [4.69, 9.17) is 16.6 Å². The first-order valence-corrected chi connectivity index (χ1v) is 10.7. The smallest absolute Gasteiger partial charge is 0.326 e. The molecule has 1 aromatic heterocycles. The highest BCUT2D eigenvalue weighted by Gasteiger charge is 2.32. The van der Waals surface area contributed by atoms with Gasteiger partial charge < -0.3 is 42.6 Å². The lowest BCUT2D eigenvalue weighted by Gasteiger charge is -2.27. The molecule has 35 heavy (non-hydrogen) atoms. The van der Waals surface area contributed by atoms with Crippen LogP contribution in [0.1, 0.15) is 38.8 Å². The second kappa shape index (κ2) is 13.6. The lowest BCUT2D eigenvalue weighted by atomic mass is 10.0. The van der Waals surface area contributed by atoms with Gasteiger partial charge in [0.15, 0.2) is 0 Å². The Bertz CT molecular complexity index is 919. The molecular weight excluding hydrogens is 466 g/mol. The highest BCUT2D eigenvalue weighted by molar-refractivity contribution is 5.95. The van der Waals surface area contributed by atoms with Crippen LogP contribution in [0.5, 0.6) is 0 Å². The molecule has 0 aliphatic rings. The summed E-state index contributed by atoms with van der Waals surface area (Å²) in [6.45, 7) is 3.20. The van der Waals surface area contributed by atoms with Gasteiger partial charge in [0.1, 0.15) is 18.1 Å². The van der Waals surface area contributed by atoms with Crippen molar-refractivity contribution < 1.29 is 39.0 Å². The van der Waals surface area contributed by atoms with Crippen LogP contribution in [0.2, 0.25) is 0 Å². The largest absolute Gasteiger partial charge is 0.481 e. The summed E-state index contributed by atoms with van der Waals surface area (Å²) in [6, 6.07) is -5.30. The van der Waals surface area contributed by atoms with Crippen molar-refractivity contribution in [3.63, 3.8) is 0 Å². The third kappa shape index (κ3) is 10.2. The van der Waals surface area contributed by atoms with E-state index in [0.29, 0.717) is 5.69 Å². The summed E-state index contributed by atoms with van der Waals surface area (Å²) in [5.74, 6) is -6.50. The zero-order chi connectivity index (χ0) is 26.7. The molecule has 4 unspecified atom stereocenters. The molecule has 1 heterocycles. The summed E-state index contributed by atoms with van der Waals surface area (Å²) >= 11 is 0. The van der Waals surface area contributed by atoms with E-state index in [0.717, 1.165) is 0 Å². The van der Waals surface area contributed by atoms with Gasteiger partial charge >= 0.3 is 11.9 Å². The summed E-state index contributed by atoms with van der Waals surface area (Å²) in [4.78, 5) is 78.1. The van der Waals surface area contributed by atoms with Gasteiger partial charge in [-0.05, 0) is 12.3 Å². The molecule has 0 bridgehead atoms. The molecule has 0 saturated heterocycles. The van der Waals surface area contributed by atoms with E-state index < -0.39 is 78.5 Å². The maximum Gasteiger partial charge on any atom is 0.326 e. The third-order valence-electron chi connectivity index (χ3n) is 4.88. The molecule has 4 amide bonds. The van der Waals surface area contributed by atoms with Crippen molar-refractivity contribution in [3.8, 4) is 0 Å². The average molecular weight is 498 g/mol. The van der Waals surface area contributed by atoms with Gasteiger partial charge in [-0.25, -0.2) is 9.78 Å². The fourth-order valence-corrected chi connectivity index (χ4v) is 2.99. The van der Waals surface area contributed by atoms with E-state index in [2.05, 4.69) is 25.9 Å². The molecule has 0 aliphatic heterocycles. The number of nitrogens with zero attached hydrogens (tertiary/aromatic N) is 1. The minimum atomic E-state index is -1.40. The SMILES string of the molecule is CC(C)C(NC(=O)C(CCC(=O)O)NC(=O)C(N)CC(N)=O)C(=O)NC(Cc1cnc[nH]1)C(=O)O. The molecule has 15 nitrogen and oxygen atoms in total. The van der Waals surface area contributed by atoms with Crippen LogP contribution in [-0.4, -0.2) is 79.9 Å². The number of nitrogens with one attached hydrogen (secondary N) is 4. The summed E-state index contributed by atoms with van der Waals surface area (Å²) < 4.78 is 0. The number of aromatic amines is 1. The van der Waals surface area contributed by atoms with Crippen molar-refractivity contribution in [2.24, 2.45) is 17.4 Å². The topological polar surface area (TPSA) is 260 Å². The Kier molecular flexibility index (Phi) is 11.3. The van der Waals surface area contributed by atoms with Gasteiger partial charge in [-0.1, -0.05) is 13.8 Å². The van der Waals surface area contributed by atoms with E-state index in [1.807, 2.05) is 0 Å². The standard InChI is InChI=1S/C20H31N7O8/c1-9(2)16(19(33)26-13(20(34)35)5-10-7-23-8-24-10)27-18(32)12(3-4-15(29)30)25-17(31)11(21)6-14(22)28/h7-9,11-13,16H,3-6,21H2,1-2H3,(H2,22,28)(H,23,24)(H,25,31)(H,26,33)(H,27,32)(H,29,30)(H,34,35). The Morgan fingerprint density at radius 3 is 2.11 bits per heavy atom. The summed E-state index contributed by atoms with van der Waals surface area (Å²) in [6.07, 6.45) is 1.35. The van der Waals surface area contributed by atoms with Crippen molar-refractivity contribution in [2.75, 3.05) is 0 Å². The van der Waals surface area contributed by atoms with Crippen LogP contribution < -0.4 is 27.4 Å². The number of carbonyl (C=O) groups is 6. The van der Waals surface area contributed by atoms with Crippen molar-refractivity contribution in [3.05, 3.63) is 18.2 Å². The number of carbonyl (C=O) groups excluding carboxylic acids is 4.